The molecule has 0 bridgehead atoms. The highest BCUT2D eigenvalue weighted by molar-refractivity contribution is 6.18. The zero-order valence-electron chi connectivity index (χ0n) is 4.19. The number of nitrogens with two attached hydrogens (primary N) is 1. The molecule has 48 valence electrons. The lowest BCUT2D eigenvalue weighted by molar-refractivity contribution is 0.102. The Morgan fingerprint density at radius 3 is 2.88 bits per heavy atom. The normalized spacial score (nSPS) is 8.62. The van der Waals surface area contributed by atoms with Crippen molar-refractivity contribution in [3.63, 3.8) is 0 Å². The Morgan fingerprint density at radius 1 is 1.88 bits per heavy atom. The van der Waals surface area contributed by atoms with Gasteiger partial charge in [0.1, 0.15) is 0 Å². The summed E-state index contributed by atoms with van der Waals surface area (Å²) in [7, 11) is 0. The second kappa shape index (κ2) is 4.67. The summed E-state index contributed by atoms with van der Waals surface area (Å²) in [5.41, 5.74) is 6.79. The first-order valence-corrected chi connectivity index (χ1v) is 2.56. The molecule has 0 saturated carbocycles. The van der Waals surface area contributed by atoms with Crippen molar-refractivity contribution in [2.24, 2.45) is 5.73 Å². The third kappa shape index (κ3) is 5.52. The highest BCUT2D eigenvalue weighted by atomic mass is 35.5. The third-order valence-corrected chi connectivity index (χ3v) is 0.558. The number of hydroxylamine groups is 1. The predicted octanol–water partition coefficient (Wildman–Crippen LogP) is -0.175. The van der Waals surface area contributed by atoms with Gasteiger partial charge in [-0.1, -0.05) is 0 Å². The van der Waals surface area contributed by atoms with Crippen molar-refractivity contribution in [1.29, 1.82) is 0 Å². The highest BCUT2D eigenvalue weighted by Crippen LogP contribution is 1.69. The van der Waals surface area contributed by atoms with Crippen molar-refractivity contribution in [1.82, 2.24) is 5.48 Å². The van der Waals surface area contributed by atoms with E-state index in [1.165, 1.54) is 0 Å². The first-order valence-electron chi connectivity index (χ1n) is 2.02. The summed E-state index contributed by atoms with van der Waals surface area (Å²) in [5, 5.41) is 0. The van der Waals surface area contributed by atoms with E-state index < -0.39 is 6.09 Å². The molecule has 0 spiro atoms. The molecule has 3 N–H and O–H groups in total. The molecule has 0 saturated heterocycles. The standard InChI is InChI=1S/C3H7ClN2O2/c4-1-2-6-8-3(5)7/h6H,1-2H2,(H2,5,7). The fourth-order valence-corrected chi connectivity index (χ4v) is 0.238. The van der Waals surface area contributed by atoms with Gasteiger partial charge in [0.15, 0.2) is 0 Å². The first-order chi connectivity index (χ1) is 3.77. The van der Waals surface area contributed by atoms with E-state index in [1.807, 2.05) is 0 Å². The topological polar surface area (TPSA) is 64.4 Å². The largest absolute Gasteiger partial charge is 0.423 e. The number of amides is 1. The van der Waals surface area contributed by atoms with Gasteiger partial charge in [0.25, 0.3) is 0 Å². The smallest absolute Gasteiger partial charge is 0.354 e. The van der Waals surface area contributed by atoms with Crippen LogP contribution in [0, 0.1) is 0 Å². The van der Waals surface area contributed by atoms with Crippen molar-refractivity contribution in [2.75, 3.05) is 12.4 Å². The van der Waals surface area contributed by atoms with Gasteiger partial charge in [-0.05, 0) is 0 Å². The van der Waals surface area contributed by atoms with Crippen LogP contribution in [-0.4, -0.2) is 18.5 Å². The molecule has 8 heavy (non-hydrogen) atoms. The van der Waals surface area contributed by atoms with E-state index in [9.17, 15) is 4.79 Å². The van der Waals surface area contributed by atoms with Crippen molar-refractivity contribution >= 4 is 17.7 Å². The van der Waals surface area contributed by atoms with Gasteiger partial charge in [0.2, 0.25) is 0 Å². The van der Waals surface area contributed by atoms with Gasteiger partial charge in [-0.25, -0.2) is 4.79 Å². The van der Waals surface area contributed by atoms with Crippen LogP contribution in [0.4, 0.5) is 4.79 Å². The number of carbonyl (C=O) groups excluding carboxylic acids is 1. The summed E-state index contributed by atoms with van der Waals surface area (Å²) in [6.07, 6.45) is -0.852. The maximum absolute atomic E-state index is 9.77. The summed E-state index contributed by atoms with van der Waals surface area (Å²) in [6, 6.07) is 0. The van der Waals surface area contributed by atoms with Crippen molar-refractivity contribution in [3.8, 4) is 0 Å². The molecule has 0 fully saturated rings. The lowest BCUT2D eigenvalue weighted by Crippen LogP contribution is -2.25. The summed E-state index contributed by atoms with van der Waals surface area (Å²) >= 11 is 5.19. The van der Waals surface area contributed by atoms with Crippen LogP contribution in [0.1, 0.15) is 0 Å². The average Bonchev–Trinajstić information content (AvgIpc) is 1.66. The third-order valence-electron chi connectivity index (χ3n) is 0.369. The van der Waals surface area contributed by atoms with E-state index in [0.717, 1.165) is 0 Å². The molecule has 1 amide bonds. The van der Waals surface area contributed by atoms with E-state index in [0.29, 0.717) is 12.4 Å². The minimum Gasteiger partial charge on any atom is -0.354 e. The molecule has 0 heterocycles. The lowest BCUT2D eigenvalue weighted by atomic mass is 10.8. The molecule has 0 aromatic carbocycles. The fraction of sp³-hybridized carbons (Fsp3) is 0.667. The number of hydrogen-bond acceptors (Lipinski definition) is 3. The SMILES string of the molecule is NC(=O)ONCCCl. The minimum atomic E-state index is -0.852. The van der Waals surface area contributed by atoms with Crippen LogP contribution in [0.25, 0.3) is 0 Å². The van der Waals surface area contributed by atoms with Crippen LogP contribution in [0.5, 0.6) is 0 Å². The highest BCUT2D eigenvalue weighted by Gasteiger charge is 1.88. The van der Waals surface area contributed by atoms with Gasteiger partial charge < -0.3 is 10.6 Å². The van der Waals surface area contributed by atoms with Crippen molar-refractivity contribution < 1.29 is 9.63 Å². The Kier molecular flexibility index (Phi) is 4.39. The zero-order valence-corrected chi connectivity index (χ0v) is 4.94. The van der Waals surface area contributed by atoms with Crippen LogP contribution in [0.2, 0.25) is 0 Å². The minimum absolute atomic E-state index is 0.382. The number of primary amides is 1. The van der Waals surface area contributed by atoms with Crippen LogP contribution in [0.3, 0.4) is 0 Å². The maximum Gasteiger partial charge on any atom is 0.423 e. The molecule has 0 rings (SSSR count). The zero-order chi connectivity index (χ0) is 6.41. The van der Waals surface area contributed by atoms with Crippen molar-refractivity contribution in [2.45, 2.75) is 0 Å². The van der Waals surface area contributed by atoms with Gasteiger partial charge in [-0.3, -0.25) is 0 Å². The van der Waals surface area contributed by atoms with E-state index >= 15 is 0 Å². The monoisotopic (exact) mass is 138 g/mol. The lowest BCUT2D eigenvalue weighted by Gasteiger charge is -1.97. The molecular formula is C3H7ClN2O2. The number of carbonyl (C=O) groups is 1. The molecule has 0 aromatic heterocycles. The Bertz CT molecular complexity index is 77.7. The molecule has 0 aliphatic carbocycles. The van der Waals surface area contributed by atoms with E-state index in [4.69, 9.17) is 11.6 Å². The number of alkyl halides is 1. The molecule has 4 nitrogen and oxygen atoms in total. The number of nitrogens with one attached hydrogen (secondary N) is 1. The van der Waals surface area contributed by atoms with E-state index in [1.54, 1.807) is 0 Å². The van der Waals surface area contributed by atoms with Gasteiger partial charge in [-0.2, -0.15) is 5.48 Å². The molecule has 0 unspecified atom stereocenters. The van der Waals surface area contributed by atoms with Gasteiger partial charge in [0, 0.05) is 12.4 Å². The second-order valence-electron chi connectivity index (χ2n) is 1.00. The van der Waals surface area contributed by atoms with Crippen LogP contribution in [0.15, 0.2) is 0 Å². The maximum atomic E-state index is 9.77. The van der Waals surface area contributed by atoms with Gasteiger partial charge in [-0.15, -0.1) is 11.6 Å². The summed E-state index contributed by atoms with van der Waals surface area (Å²) in [4.78, 5) is 13.9. The molecule has 0 aliphatic rings. The molecular weight excluding hydrogens is 131 g/mol. The first kappa shape index (κ1) is 7.52. The number of halogens is 1. The molecule has 0 radical (unpaired) electrons. The van der Waals surface area contributed by atoms with Crippen LogP contribution >= 0.6 is 11.6 Å². The summed E-state index contributed by atoms with van der Waals surface area (Å²) in [6.45, 7) is 0.407. The summed E-state index contributed by atoms with van der Waals surface area (Å²) < 4.78 is 0. The van der Waals surface area contributed by atoms with Gasteiger partial charge in [0.05, 0.1) is 0 Å². The number of rotatable bonds is 3. The molecule has 5 heteroatoms. The molecule has 0 aromatic rings. The Balaban J connectivity index is 2.82. The molecule has 0 aliphatic heterocycles. The fourth-order valence-electron chi connectivity index (χ4n) is 0.161. The quantitative estimate of drug-likeness (QED) is 0.323. The van der Waals surface area contributed by atoms with E-state index in [2.05, 4.69) is 16.1 Å². The second-order valence-corrected chi connectivity index (χ2v) is 1.38. The molecule has 0 atom stereocenters. The van der Waals surface area contributed by atoms with E-state index in [-0.39, 0.29) is 0 Å². The summed E-state index contributed by atoms with van der Waals surface area (Å²) in [5.74, 6) is 0.382. The average molecular weight is 139 g/mol. The van der Waals surface area contributed by atoms with Crippen LogP contribution < -0.4 is 11.2 Å². The Labute approximate surface area is 51.9 Å². The Hall–Kier alpha value is -0.480. The van der Waals surface area contributed by atoms with Crippen molar-refractivity contribution in [3.05, 3.63) is 0 Å². The number of hydrogen-bond donors (Lipinski definition) is 2. The predicted molar refractivity (Wildman–Crippen MR) is 29.4 cm³/mol. The van der Waals surface area contributed by atoms with Crippen LogP contribution in [-0.2, 0) is 4.84 Å². The van der Waals surface area contributed by atoms with Gasteiger partial charge >= 0.3 is 6.09 Å². The Morgan fingerprint density at radius 2 is 2.50 bits per heavy atom.